The van der Waals surface area contributed by atoms with Crippen molar-refractivity contribution in [2.75, 3.05) is 0 Å². The minimum atomic E-state index is 0.331. The van der Waals surface area contributed by atoms with E-state index in [-0.39, 0.29) is 0 Å². The van der Waals surface area contributed by atoms with Gasteiger partial charge in [-0.15, -0.1) is 0 Å². The number of Topliss-reactive ketones (excluding diaryl/α,β-unsaturated/α-hetero) is 1. The van der Waals surface area contributed by atoms with Crippen LogP contribution in [0.1, 0.15) is 30.7 Å². The zero-order valence-electron chi connectivity index (χ0n) is 8.79. The standard InChI is InChI=1S/C11H16N2O/c1-8-9(2)13(7-12-8)6-11(14)10-4-3-5-10/h7,10H,3-6H2,1-2H3. The van der Waals surface area contributed by atoms with Gasteiger partial charge in [0.25, 0.3) is 0 Å². The van der Waals surface area contributed by atoms with Crippen LogP contribution in [0.5, 0.6) is 0 Å². The fourth-order valence-corrected chi connectivity index (χ4v) is 1.73. The van der Waals surface area contributed by atoms with Gasteiger partial charge in [-0.3, -0.25) is 4.79 Å². The van der Waals surface area contributed by atoms with Gasteiger partial charge in [0.2, 0.25) is 0 Å². The Labute approximate surface area is 84.1 Å². The summed E-state index contributed by atoms with van der Waals surface area (Å²) in [6.45, 7) is 4.49. The molecule has 0 unspecified atom stereocenters. The molecule has 0 saturated heterocycles. The second kappa shape index (κ2) is 3.56. The Morgan fingerprint density at radius 2 is 2.29 bits per heavy atom. The molecule has 0 aliphatic heterocycles. The average Bonchev–Trinajstić information content (AvgIpc) is 2.33. The highest BCUT2D eigenvalue weighted by Crippen LogP contribution is 2.27. The van der Waals surface area contributed by atoms with Gasteiger partial charge in [-0.25, -0.2) is 4.98 Å². The first-order valence-electron chi connectivity index (χ1n) is 5.19. The highest BCUT2D eigenvalue weighted by molar-refractivity contribution is 5.81. The van der Waals surface area contributed by atoms with Crippen molar-refractivity contribution in [1.82, 2.24) is 9.55 Å². The van der Waals surface area contributed by atoms with Crippen LogP contribution in [0.3, 0.4) is 0 Å². The number of carbonyl (C=O) groups excluding carboxylic acids is 1. The highest BCUT2D eigenvalue weighted by atomic mass is 16.1. The molecule has 2 rings (SSSR count). The Bertz CT molecular complexity index is 350. The molecule has 0 amide bonds. The van der Waals surface area contributed by atoms with Gasteiger partial charge in [-0.2, -0.15) is 0 Å². The number of aromatic nitrogens is 2. The molecule has 0 atom stereocenters. The molecule has 3 nitrogen and oxygen atoms in total. The first-order chi connectivity index (χ1) is 6.68. The number of aryl methyl sites for hydroxylation is 1. The Balaban J connectivity index is 2.03. The quantitative estimate of drug-likeness (QED) is 0.732. The highest BCUT2D eigenvalue weighted by Gasteiger charge is 2.25. The molecule has 0 aromatic carbocycles. The Morgan fingerprint density at radius 3 is 2.71 bits per heavy atom. The van der Waals surface area contributed by atoms with Gasteiger partial charge < -0.3 is 4.57 Å². The minimum absolute atomic E-state index is 0.331. The summed E-state index contributed by atoms with van der Waals surface area (Å²) < 4.78 is 1.95. The van der Waals surface area contributed by atoms with Gasteiger partial charge in [-0.05, 0) is 26.7 Å². The van der Waals surface area contributed by atoms with Crippen molar-refractivity contribution in [3.05, 3.63) is 17.7 Å². The van der Waals surface area contributed by atoms with Gasteiger partial charge in [-0.1, -0.05) is 6.42 Å². The molecule has 3 heteroatoms. The van der Waals surface area contributed by atoms with Crippen LogP contribution in [0.15, 0.2) is 6.33 Å². The van der Waals surface area contributed by atoms with E-state index >= 15 is 0 Å². The topological polar surface area (TPSA) is 34.9 Å². The van der Waals surface area contributed by atoms with E-state index in [2.05, 4.69) is 4.98 Å². The summed E-state index contributed by atoms with van der Waals surface area (Å²) in [4.78, 5) is 15.9. The van der Waals surface area contributed by atoms with E-state index in [0.29, 0.717) is 18.2 Å². The summed E-state index contributed by atoms with van der Waals surface area (Å²) in [5.41, 5.74) is 2.13. The van der Waals surface area contributed by atoms with E-state index in [0.717, 1.165) is 24.2 Å². The maximum absolute atomic E-state index is 11.7. The minimum Gasteiger partial charge on any atom is -0.327 e. The lowest BCUT2D eigenvalue weighted by atomic mass is 9.82. The molecule has 1 aromatic heterocycles. The summed E-state index contributed by atoms with van der Waals surface area (Å²) >= 11 is 0. The molecule has 1 heterocycles. The SMILES string of the molecule is Cc1ncn(CC(=O)C2CCC2)c1C. The predicted octanol–water partition coefficient (Wildman–Crippen LogP) is 1.87. The van der Waals surface area contributed by atoms with Crippen molar-refractivity contribution in [2.24, 2.45) is 5.92 Å². The molecule has 14 heavy (non-hydrogen) atoms. The van der Waals surface area contributed by atoms with Crippen molar-refractivity contribution < 1.29 is 4.79 Å². The Kier molecular flexibility index (Phi) is 2.40. The maximum Gasteiger partial charge on any atom is 0.155 e. The van der Waals surface area contributed by atoms with Crippen LogP contribution < -0.4 is 0 Å². The number of carbonyl (C=O) groups is 1. The van der Waals surface area contributed by atoms with Crippen LogP contribution in [-0.4, -0.2) is 15.3 Å². The maximum atomic E-state index is 11.7. The summed E-state index contributed by atoms with van der Waals surface area (Å²) in [6.07, 6.45) is 5.16. The van der Waals surface area contributed by atoms with E-state index < -0.39 is 0 Å². The Morgan fingerprint density at radius 1 is 1.57 bits per heavy atom. The molecule has 0 N–H and O–H groups in total. The number of hydrogen-bond donors (Lipinski definition) is 0. The van der Waals surface area contributed by atoms with Gasteiger partial charge in [0.15, 0.2) is 5.78 Å². The second-order valence-electron chi connectivity index (χ2n) is 4.14. The van der Waals surface area contributed by atoms with E-state index in [4.69, 9.17) is 0 Å². The van der Waals surface area contributed by atoms with Crippen LogP contribution >= 0.6 is 0 Å². The third-order valence-electron chi connectivity index (χ3n) is 3.23. The monoisotopic (exact) mass is 192 g/mol. The summed E-state index contributed by atoms with van der Waals surface area (Å²) in [7, 11) is 0. The molecule has 1 aliphatic carbocycles. The lowest BCUT2D eigenvalue weighted by Crippen LogP contribution is -2.25. The lowest BCUT2D eigenvalue weighted by molar-refractivity contribution is -0.125. The van der Waals surface area contributed by atoms with Crippen molar-refractivity contribution in [2.45, 2.75) is 39.7 Å². The molecule has 1 aliphatic rings. The fraction of sp³-hybridized carbons (Fsp3) is 0.636. The zero-order valence-corrected chi connectivity index (χ0v) is 8.79. The Hall–Kier alpha value is -1.12. The number of imidazole rings is 1. The summed E-state index contributed by atoms with van der Waals surface area (Å²) in [5, 5.41) is 0. The van der Waals surface area contributed by atoms with Gasteiger partial charge >= 0.3 is 0 Å². The first kappa shape index (κ1) is 9.44. The molecule has 1 fully saturated rings. The smallest absolute Gasteiger partial charge is 0.155 e. The first-order valence-corrected chi connectivity index (χ1v) is 5.19. The molecule has 0 spiro atoms. The predicted molar refractivity (Wildman–Crippen MR) is 54.0 cm³/mol. The van der Waals surface area contributed by atoms with Crippen LogP contribution in [-0.2, 0) is 11.3 Å². The third-order valence-corrected chi connectivity index (χ3v) is 3.23. The van der Waals surface area contributed by atoms with Crippen LogP contribution in [0, 0.1) is 19.8 Å². The van der Waals surface area contributed by atoms with Crippen LogP contribution in [0.2, 0.25) is 0 Å². The summed E-state index contributed by atoms with van der Waals surface area (Å²) in [6, 6.07) is 0. The number of rotatable bonds is 3. The van der Waals surface area contributed by atoms with Gasteiger partial charge in [0, 0.05) is 11.6 Å². The molecule has 0 radical (unpaired) electrons. The molecular weight excluding hydrogens is 176 g/mol. The number of hydrogen-bond acceptors (Lipinski definition) is 2. The number of nitrogens with zero attached hydrogens (tertiary/aromatic N) is 2. The van der Waals surface area contributed by atoms with Gasteiger partial charge in [0.05, 0.1) is 18.6 Å². The van der Waals surface area contributed by atoms with E-state index in [9.17, 15) is 4.79 Å². The molecular formula is C11H16N2O. The molecule has 1 saturated carbocycles. The van der Waals surface area contributed by atoms with Crippen LogP contribution in [0.4, 0.5) is 0 Å². The van der Waals surface area contributed by atoms with Gasteiger partial charge in [0.1, 0.15) is 0 Å². The molecule has 0 bridgehead atoms. The summed E-state index contributed by atoms with van der Waals surface area (Å²) in [5.74, 6) is 0.703. The van der Waals surface area contributed by atoms with E-state index in [1.807, 2.05) is 18.4 Å². The largest absolute Gasteiger partial charge is 0.327 e. The average molecular weight is 192 g/mol. The van der Waals surface area contributed by atoms with Crippen molar-refractivity contribution >= 4 is 5.78 Å². The lowest BCUT2D eigenvalue weighted by Gasteiger charge is -2.24. The second-order valence-corrected chi connectivity index (χ2v) is 4.14. The zero-order chi connectivity index (χ0) is 10.1. The van der Waals surface area contributed by atoms with Crippen LogP contribution in [0.25, 0.3) is 0 Å². The van der Waals surface area contributed by atoms with Crippen molar-refractivity contribution in [1.29, 1.82) is 0 Å². The molecule has 76 valence electrons. The van der Waals surface area contributed by atoms with E-state index in [1.165, 1.54) is 6.42 Å². The molecule has 1 aromatic rings. The van der Waals surface area contributed by atoms with E-state index in [1.54, 1.807) is 6.33 Å². The normalized spacial score (nSPS) is 16.7. The number of ketones is 1. The van der Waals surface area contributed by atoms with Crippen molar-refractivity contribution in [3.63, 3.8) is 0 Å². The van der Waals surface area contributed by atoms with Crippen molar-refractivity contribution in [3.8, 4) is 0 Å². The fourth-order valence-electron chi connectivity index (χ4n) is 1.73. The third kappa shape index (κ3) is 1.59.